The molecule has 8 heteroatoms. The van der Waals surface area contributed by atoms with Crippen molar-refractivity contribution in [3.63, 3.8) is 0 Å². The van der Waals surface area contributed by atoms with E-state index in [0.29, 0.717) is 0 Å². The first-order valence-electron chi connectivity index (χ1n) is 8.29. The molecular formula is C19H19NO6S. The van der Waals surface area contributed by atoms with E-state index in [1.807, 2.05) is 48.5 Å². The third kappa shape index (κ3) is 3.52. The Bertz CT molecular complexity index is 955. The molecule has 1 amide bonds. The van der Waals surface area contributed by atoms with E-state index in [9.17, 15) is 18.0 Å². The standard InChI is InChI=1S/C19H19NO6S/c1-12(18(21)22)20(27(2,24)25)19(23)26-11-17-15-9-5-3-7-13(15)14-8-4-6-10-16(14)17/h3-10,12,17H,11H2,1-2H3,(H,21,22)/t12-/m1/s1. The number of sulfonamides is 1. The van der Waals surface area contributed by atoms with Crippen LogP contribution in [-0.2, 0) is 19.6 Å². The van der Waals surface area contributed by atoms with Crippen LogP contribution in [0.5, 0.6) is 0 Å². The first kappa shape index (κ1) is 18.9. The molecule has 1 N–H and O–H groups in total. The van der Waals surface area contributed by atoms with Crippen molar-refractivity contribution >= 4 is 22.1 Å². The van der Waals surface area contributed by atoms with Crippen LogP contribution >= 0.6 is 0 Å². The van der Waals surface area contributed by atoms with Crippen molar-refractivity contribution < 1.29 is 27.9 Å². The summed E-state index contributed by atoms with van der Waals surface area (Å²) in [6.07, 6.45) is -0.428. The molecule has 27 heavy (non-hydrogen) atoms. The summed E-state index contributed by atoms with van der Waals surface area (Å²) in [5.41, 5.74) is 4.02. The van der Waals surface area contributed by atoms with Crippen LogP contribution in [0.25, 0.3) is 11.1 Å². The third-order valence-electron chi connectivity index (χ3n) is 4.58. The molecular weight excluding hydrogens is 370 g/mol. The Hall–Kier alpha value is -2.87. The highest BCUT2D eigenvalue weighted by atomic mass is 32.2. The fourth-order valence-corrected chi connectivity index (χ4v) is 4.33. The number of carbonyl (C=O) groups excluding carboxylic acids is 1. The van der Waals surface area contributed by atoms with Crippen molar-refractivity contribution in [1.82, 2.24) is 4.31 Å². The molecule has 0 unspecified atom stereocenters. The number of rotatable bonds is 5. The minimum atomic E-state index is -4.10. The van der Waals surface area contributed by atoms with E-state index in [4.69, 9.17) is 9.84 Å². The van der Waals surface area contributed by atoms with Crippen LogP contribution in [0.2, 0.25) is 0 Å². The molecule has 0 spiro atoms. The van der Waals surface area contributed by atoms with Gasteiger partial charge in [0.2, 0.25) is 10.0 Å². The molecule has 1 aliphatic rings. The van der Waals surface area contributed by atoms with Gasteiger partial charge in [-0.15, -0.1) is 0 Å². The fraction of sp³-hybridized carbons (Fsp3) is 0.263. The lowest BCUT2D eigenvalue weighted by molar-refractivity contribution is -0.140. The molecule has 0 saturated carbocycles. The topological polar surface area (TPSA) is 101 Å². The van der Waals surface area contributed by atoms with E-state index in [1.165, 1.54) is 0 Å². The van der Waals surface area contributed by atoms with E-state index >= 15 is 0 Å². The molecule has 0 bridgehead atoms. The average molecular weight is 389 g/mol. The van der Waals surface area contributed by atoms with E-state index in [1.54, 1.807) is 0 Å². The highest BCUT2D eigenvalue weighted by Gasteiger charge is 2.36. The number of aliphatic carboxylic acids is 1. The van der Waals surface area contributed by atoms with Gasteiger partial charge in [-0.2, -0.15) is 4.31 Å². The second kappa shape index (κ2) is 7.03. The van der Waals surface area contributed by atoms with Gasteiger partial charge in [-0.05, 0) is 29.2 Å². The van der Waals surface area contributed by atoms with Gasteiger partial charge in [-0.25, -0.2) is 18.0 Å². The first-order chi connectivity index (χ1) is 12.7. The zero-order valence-corrected chi connectivity index (χ0v) is 15.6. The van der Waals surface area contributed by atoms with Crippen LogP contribution < -0.4 is 0 Å². The molecule has 0 radical (unpaired) electrons. The van der Waals surface area contributed by atoms with Gasteiger partial charge in [0, 0.05) is 5.92 Å². The van der Waals surface area contributed by atoms with Gasteiger partial charge in [0.1, 0.15) is 12.6 Å². The number of hydrogen-bond donors (Lipinski definition) is 1. The summed E-state index contributed by atoms with van der Waals surface area (Å²) in [4.78, 5) is 23.5. The first-order valence-corrected chi connectivity index (χ1v) is 10.1. The summed E-state index contributed by atoms with van der Waals surface area (Å²) in [5, 5.41) is 9.09. The lowest BCUT2D eigenvalue weighted by Crippen LogP contribution is -2.47. The number of nitrogens with zero attached hydrogens (tertiary/aromatic N) is 1. The number of benzene rings is 2. The molecule has 0 fully saturated rings. The molecule has 2 aromatic carbocycles. The Kier molecular flexibility index (Phi) is 4.93. The Morgan fingerprint density at radius 3 is 2.00 bits per heavy atom. The Labute approximate surface area is 157 Å². The molecule has 0 aliphatic heterocycles. The van der Waals surface area contributed by atoms with Gasteiger partial charge in [-0.3, -0.25) is 0 Å². The number of carbonyl (C=O) groups is 2. The molecule has 0 aromatic heterocycles. The number of fused-ring (bicyclic) bond motifs is 3. The maximum Gasteiger partial charge on any atom is 0.424 e. The van der Waals surface area contributed by atoms with Crippen LogP contribution in [0, 0.1) is 0 Å². The molecule has 0 saturated heterocycles. The minimum Gasteiger partial charge on any atom is -0.480 e. The molecule has 0 heterocycles. The van der Waals surface area contributed by atoms with Crippen molar-refractivity contribution in [3.8, 4) is 11.1 Å². The van der Waals surface area contributed by atoms with Gasteiger partial charge >= 0.3 is 12.1 Å². The van der Waals surface area contributed by atoms with E-state index in [0.717, 1.165) is 35.4 Å². The SMILES string of the molecule is C[C@H](C(=O)O)N(C(=O)OCC1c2ccccc2-c2ccccc21)S(C)(=O)=O. The maximum atomic E-state index is 12.4. The largest absolute Gasteiger partial charge is 0.480 e. The molecule has 142 valence electrons. The van der Waals surface area contributed by atoms with E-state index in [-0.39, 0.29) is 16.8 Å². The summed E-state index contributed by atoms with van der Waals surface area (Å²) in [6.45, 7) is 1.02. The van der Waals surface area contributed by atoms with E-state index in [2.05, 4.69) is 0 Å². The van der Waals surface area contributed by atoms with Crippen LogP contribution in [0.1, 0.15) is 24.0 Å². The quantitative estimate of drug-likeness (QED) is 0.844. The molecule has 7 nitrogen and oxygen atoms in total. The summed E-state index contributed by atoms with van der Waals surface area (Å²) in [6, 6.07) is 13.9. The van der Waals surface area contributed by atoms with Crippen LogP contribution in [0.4, 0.5) is 4.79 Å². The zero-order valence-electron chi connectivity index (χ0n) is 14.8. The fourth-order valence-electron chi connectivity index (χ4n) is 3.34. The predicted octanol–water partition coefficient (Wildman–Crippen LogP) is 2.67. The van der Waals surface area contributed by atoms with Crippen molar-refractivity contribution in [2.45, 2.75) is 18.9 Å². The van der Waals surface area contributed by atoms with Gasteiger partial charge in [0.25, 0.3) is 0 Å². The third-order valence-corrected chi connectivity index (χ3v) is 5.76. The van der Waals surface area contributed by atoms with Gasteiger partial charge in [-0.1, -0.05) is 48.5 Å². The van der Waals surface area contributed by atoms with Crippen molar-refractivity contribution in [3.05, 3.63) is 59.7 Å². The highest BCUT2D eigenvalue weighted by Crippen LogP contribution is 2.44. The van der Waals surface area contributed by atoms with Crippen LogP contribution in [0.3, 0.4) is 0 Å². The lowest BCUT2D eigenvalue weighted by atomic mass is 9.98. The molecule has 1 aliphatic carbocycles. The van der Waals surface area contributed by atoms with Gasteiger partial charge in [0.05, 0.1) is 6.26 Å². The van der Waals surface area contributed by atoms with Crippen LogP contribution in [0.15, 0.2) is 48.5 Å². The number of hydrogen-bond acceptors (Lipinski definition) is 5. The Morgan fingerprint density at radius 2 is 1.56 bits per heavy atom. The molecule has 3 rings (SSSR count). The highest BCUT2D eigenvalue weighted by molar-refractivity contribution is 7.88. The minimum absolute atomic E-state index is 0.0920. The number of amides is 1. The summed E-state index contributed by atoms with van der Waals surface area (Å²) < 4.78 is 29.2. The Balaban J connectivity index is 1.86. The normalized spacial score (nSPS) is 14.1. The monoisotopic (exact) mass is 389 g/mol. The van der Waals surface area contributed by atoms with Crippen molar-refractivity contribution in [2.75, 3.05) is 12.9 Å². The predicted molar refractivity (Wildman–Crippen MR) is 98.8 cm³/mol. The van der Waals surface area contributed by atoms with Gasteiger partial charge in [0.15, 0.2) is 0 Å². The Morgan fingerprint density at radius 1 is 1.07 bits per heavy atom. The van der Waals surface area contributed by atoms with Crippen molar-refractivity contribution in [1.29, 1.82) is 0 Å². The molecule has 1 atom stereocenters. The maximum absolute atomic E-state index is 12.4. The molecule has 2 aromatic rings. The van der Waals surface area contributed by atoms with Gasteiger partial charge < -0.3 is 9.84 Å². The second-order valence-corrected chi connectivity index (χ2v) is 8.24. The van der Waals surface area contributed by atoms with Crippen LogP contribution in [-0.4, -0.2) is 48.8 Å². The smallest absolute Gasteiger partial charge is 0.424 e. The van der Waals surface area contributed by atoms with E-state index < -0.39 is 28.1 Å². The summed E-state index contributed by atoms with van der Waals surface area (Å²) in [5.74, 6) is -1.68. The average Bonchev–Trinajstić information content (AvgIpc) is 2.93. The van der Waals surface area contributed by atoms with Crippen molar-refractivity contribution in [2.24, 2.45) is 0 Å². The zero-order chi connectivity index (χ0) is 19.8. The number of ether oxygens (including phenoxy) is 1. The number of carboxylic acid groups (broad SMARTS) is 1. The summed E-state index contributed by atoms with van der Waals surface area (Å²) in [7, 11) is -4.10. The lowest BCUT2D eigenvalue weighted by Gasteiger charge is -2.24. The second-order valence-electron chi connectivity index (χ2n) is 6.38. The number of carboxylic acids is 1. The summed E-state index contributed by atoms with van der Waals surface area (Å²) >= 11 is 0.